The minimum atomic E-state index is 0.723. The standard InChI is InChI=1S/C23H42O/c1-3-5-6-7-20-8-10-21(11-9-20)12-13-22-14-16-23(17-15-22)19-24-18-4-2/h4,20-23H,2-3,5-19H2,1H3/t20-,21-,22-,23-. The molecule has 2 rings (SSSR count). The molecule has 2 aliphatic carbocycles. The first-order valence-electron chi connectivity index (χ1n) is 11.0. The second-order valence-corrected chi connectivity index (χ2v) is 8.67. The normalized spacial score (nSPS) is 31.0. The third kappa shape index (κ3) is 7.72. The van der Waals surface area contributed by atoms with Crippen molar-refractivity contribution in [1.82, 2.24) is 0 Å². The molecule has 0 saturated heterocycles. The molecule has 0 heterocycles. The Balaban J connectivity index is 1.50. The minimum Gasteiger partial charge on any atom is -0.377 e. The molecule has 0 N–H and O–H groups in total. The third-order valence-electron chi connectivity index (χ3n) is 6.72. The van der Waals surface area contributed by atoms with Crippen LogP contribution in [0.1, 0.15) is 96.8 Å². The van der Waals surface area contributed by atoms with E-state index in [1.807, 2.05) is 6.08 Å². The first kappa shape index (κ1) is 20.0. The molecule has 0 aliphatic heterocycles. The first-order chi connectivity index (χ1) is 11.8. The van der Waals surface area contributed by atoms with E-state index in [0.717, 1.165) is 36.9 Å². The van der Waals surface area contributed by atoms with E-state index in [1.54, 1.807) is 0 Å². The van der Waals surface area contributed by atoms with Gasteiger partial charge in [0.2, 0.25) is 0 Å². The summed E-state index contributed by atoms with van der Waals surface area (Å²) in [5.74, 6) is 3.96. The summed E-state index contributed by atoms with van der Waals surface area (Å²) in [6, 6.07) is 0. The SMILES string of the molecule is C=CCOC[C@H]1CC[C@H](CC[C@H]2CC[C@H](CCCCC)CC2)CC1. The van der Waals surface area contributed by atoms with Gasteiger partial charge < -0.3 is 4.74 Å². The minimum absolute atomic E-state index is 0.723. The Morgan fingerprint density at radius 3 is 1.75 bits per heavy atom. The molecule has 140 valence electrons. The van der Waals surface area contributed by atoms with Gasteiger partial charge in [0.25, 0.3) is 0 Å². The summed E-state index contributed by atoms with van der Waals surface area (Å²) in [5, 5.41) is 0. The van der Waals surface area contributed by atoms with Crippen molar-refractivity contribution in [2.75, 3.05) is 13.2 Å². The van der Waals surface area contributed by atoms with E-state index in [1.165, 1.54) is 89.9 Å². The highest BCUT2D eigenvalue weighted by atomic mass is 16.5. The molecule has 1 heteroatoms. The quantitative estimate of drug-likeness (QED) is 0.287. The van der Waals surface area contributed by atoms with Crippen LogP contribution in [0.3, 0.4) is 0 Å². The average Bonchev–Trinajstić information content (AvgIpc) is 2.63. The lowest BCUT2D eigenvalue weighted by Crippen LogP contribution is -2.20. The van der Waals surface area contributed by atoms with Gasteiger partial charge in [-0.05, 0) is 36.5 Å². The van der Waals surface area contributed by atoms with Crippen LogP contribution in [0.2, 0.25) is 0 Å². The van der Waals surface area contributed by atoms with E-state index in [9.17, 15) is 0 Å². The zero-order valence-electron chi connectivity index (χ0n) is 16.3. The Labute approximate surface area is 151 Å². The fraction of sp³-hybridized carbons (Fsp3) is 0.913. The highest BCUT2D eigenvalue weighted by Gasteiger charge is 2.24. The molecule has 0 aromatic rings. The second-order valence-electron chi connectivity index (χ2n) is 8.67. The van der Waals surface area contributed by atoms with Crippen LogP contribution < -0.4 is 0 Å². The Morgan fingerprint density at radius 1 is 0.750 bits per heavy atom. The molecule has 0 bridgehead atoms. The van der Waals surface area contributed by atoms with Crippen molar-refractivity contribution in [3.63, 3.8) is 0 Å². The van der Waals surface area contributed by atoms with Crippen LogP contribution >= 0.6 is 0 Å². The van der Waals surface area contributed by atoms with Gasteiger partial charge >= 0.3 is 0 Å². The molecule has 0 unspecified atom stereocenters. The topological polar surface area (TPSA) is 9.23 Å². The predicted octanol–water partition coefficient (Wildman–Crippen LogP) is 7.16. The zero-order chi connectivity index (χ0) is 17.0. The molecule has 0 spiro atoms. The molecule has 0 radical (unpaired) electrons. The van der Waals surface area contributed by atoms with E-state index in [4.69, 9.17) is 4.74 Å². The number of hydrogen-bond acceptors (Lipinski definition) is 1. The van der Waals surface area contributed by atoms with Crippen LogP contribution in [0.15, 0.2) is 12.7 Å². The molecule has 0 aromatic carbocycles. The molecule has 0 atom stereocenters. The van der Waals surface area contributed by atoms with Crippen molar-refractivity contribution in [2.24, 2.45) is 23.7 Å². The smallest absolute Gasteiger partial charge is 0.0644 e. The van der Waals surface area contributed by atoms with Crippen LogP contribution in [0.4, 0.5) is 0 Å². The Kier molecular flexibility index (Phi) is 10.1. The van der Waals surface area contributed by atoms with Gasteiger partial charge in [-0.3, -0.25) is 0 Å². The molecular formula is C23H42O. The summed E-state index contributed by atoms with van der Waals surface area (Å²) in [6.45, 7) is 7.72. The molecule has 0 aromatic heterocycles. The van der Waals surface area contributed by atoms with Crippen LogP contribution in [-0.4, -0.2) is 13.2 Å². The molecule has 2 saturated carbocycles. The average molecular weight is 335 g/mol. The lowest BCUT2D eigenvalue weighted by Gasteiger charge is -2.32. The predicted molar refractivity (Wildman–Crippen MR) is 105 cm³/mol. The molecular weight excluding hydrogens is 292 g/mol. The molecule has 0 amide bonds. The van der Waals surface area contributed by atoms with E-state index in [0.29, 0.717) is 0 Å². The number of ether oxygens (including phenoxy) is 1. The zero-order valence-corrected chi connectivity index (χ0v) is 16.3. The summed E-state index contributed by atoms with van der Waals surface area (Å²) in [4.78, 5) is 0. The number of rotatable bonds is 11. The summed E-state index contributed by atoms with van der Waals surface area (Å²) in [6.07, 6.45) is 22.5. The highest BCUT2D eigenvalue weighted by molar-refractivity contribution is 4.77. The van der Waals surface area contributed by atoms with Crippen molar-refractivity contribution in [3.05, 3.63) is 12.7 Å². The Morgan fingerprint density at radius 2 is 1.25 bits per heavy atom. The summed E-state index contributed by atoms with van der Waals surface area (Å²) < 4.78 is 5.64. The number of hydrogen-bond donors (Lipinski definition) is 0. The van der Waals surface area contributed by atoms with E-state index >= 15 is 0 Å². The largest absolute Gasteiger partial charge is 0.377 e. The summed E-state index contributed by atoms with van der Waals surface area (Å²) in [5.41, 5.74) is 0. The van der Waals surface area contributed by atoms with Crippen molar-refractivity contribution in [2.45, 2.75) is 96.8 Å². The van der Waals surface area contributed by atoms with E-state index < -0.39 is 0 Å². The van der Waals surface area contributed by atoms with Crippen molar-refractivity contribution in [1.29, 1.82) is 0 Å². The van der Waals surface area contributed by atoms with Gasteiger partial charge in [0.05, 0.1) is 6.61 Å². The maximum Gasteiger partial charge on any atom is 0.0644 e. The van der Waals surface area contributed by atoms with Crippen LogP contribution in [-0.2, 0) is 4.74 Å². The maximum atomic E-state index is 5.64. The van der Waals surface area contributed by atoms with Gasteiger partial charge in [-0.1, -0.05) is 90.0 Å². The highest BCUT2D eigenvalue weighted by Crippen LogP contribution is 2.37. The molecule has 2 fully saturated rings. The first-order valence-corrected chi connectivity index (χ1v) is 11.0. The van der Waals surface area contributed by atoms with Gasteiger partial charge in [-0.15, -0.1) is 6.58 Å². The van der Waals surface area contributed by atoms with Gasteiger partial charge in [-0.25, -0.2) is 0 Å². The van der Waals surface area contributed by atoms with E-state index in [2.05, 4.69) is 13.5 Å². The second kappa shape index (κ2) is 12.1. The monoisotopic (exact) mass is 334 g/mol. The summed E-state index contributed by atoms with van der Waals surface area (Å²) >= 11 is 0. The van der Waals surface area contributed by atoms with Gasteiger partial charge in [0.15, 0.2) is 0 Å². The fourth-order valence-corrected chi connectivity index (χ4v) is 4.97. The van der Waals surface area contributed by atoms with E-state index in [-0.39, 0.29) is 0 Å². The van der Waals surface area contributed by atoms with Crippen molar-refractivity contribution < 1.29 is 4.74 Å². The van der Waals surface area contributed by atoms with Crippen LogP contribution in [0.25, 0.3) is 0 Å². The molecule has 1 nitrogen and oxygen atoms in total. The molecule has 24 heavy (non-hydrogen) atoms. The van der Waals surface area contributed by atoms with Crippen LogP contribution in [0.5, 0.6) is 0 Å². The third-order valence-corrected chi connectivity index (χ3v) is 6.72. The van der Waals surface area contributed by atoms with Crippen LogP contribution in [0, 0.1) is 23.7 Å². The lowest BCUT2D eigenvalue weighted by atomic mass is 9.75. The van der Waals surface area contributed by atoms with Crippen molar-refractivity contribution >= 4 is 0 Å². The fourth-order valence-electron chi connectivity index (χ4n) is 4.97. The summed E-state index contributed by atoms with van der Waals surface area (Å²) in [7, 11) is 0. The Hall–Kier alpha value is -0.300. The Bertz CT molecular complexity index is 308. The van der Waals surface area contributed by atoms with Crippen molar-refractivity contribution in [3.8, 4) is 0 Å². The van der Waals surface area contributed by atoms with Gasteiger partial charge in [-0.2, -0.15) is 0 Å². The maximum absolute atomic E-state index is 5.64. The van der Waals surface area contributed by atoms with Gasteiger partial charge in [0.1, 0.15) is 0 Å². The van der Waals surface area contributed by atoms with Gasteiger partial charge in [0, 0.05) is 6.61 Å². The molecule has 2 aliphatic rings. The number of unbranched alkanes of at least 4 members (excludes halogenated alkanes) is 2. The lowest BCUT2D eigenvalue weighted by molar-refractivity contribution is 0.0936.